The van der Waals surface area contributed by atoms with Crippen molar-refractivity contribution in [3.63, 3.8) is 0 Å². The third-order valence-electron chi connectivity index (χ3n) is 2.94. The van der Waals surface area contributed by atoms with Crippen LogP contribution in [-0.2, 0) is 4.79 Å². The highest BCUT2D eigenvalue weighted by molar-refractivity contribution is 7.99. The summed E-state index contributed by atoms with van der Waals surface area (Å²) in [5.74, 6) is 1.21. The summed E-state index contributed by atoms with van der Waals surface area (Å²) in [5.41, 5.74) is 2.22. The van der Waals surface area contributed by atoms with Crippen LogP contribution in [0.2, 0.25) is 0 Å². The summed E-state index contributed by atoms with van der Waals surface area (Å²) in [7, 11) is 0. The molecule has 0 spiro atoms. The minimum Gasteiger partial charge on any atom is -0.481 e. The Kier molecular flexibility index (Phi) is 3.89. The summed E-state index contributed by atoms with van der Waals surface area (Å²) in [6.07, 6.45) is 3.80. The van der Waals surface area contributed by atoms with Gasteiger partial charge in [0.15, 0.2) is 0 Å². The van der Waals surface area contributed by atoms with E-state index in [4.69, 9.17) is 5.11 Å². The van der Waals surface area contributed by atoms with Gasteiger partial charge in [0.05, 0.1) is 6.42 Å². The highest BCUT2D eigenvalue weighted by Gasteiger charge is 2.25. The van der Waals surface area contributed by atoms with E-state index in [1.165, 1.54) is 0 Å². The third kappa shape index (κ3) is 2.91. The van der Waals surface area contributed by atoms with Crippen LogP contribution in [0.25, 0.3) is 0 Å². The molecule has 92 valence electrons. The molecule has 0 bridgehead atoms. The number of nitrogens with zero attached hydrogens (tertiary/aromatic N) is 2. The van der Waals surface area contributed by atoms with E-state index in [0.29, 0.717) is 0 Å². The molecule has 0 amide bonds. The molecule has 2 rings (SSSR count). The summed E-state index contributed by atoms with van der Waals surface area (Å²) in [6.45, 7) is 2.93. The van der Waals surface area contributed by atoms with Crippen LogP contribution in [0.4, 0.5) is 5.69 Å². The molecule has 0 radical (unpaired) electrons. The Morgan fingerprint density at radius 2 is 2.53 bits per heavy atom. The first-order valence-corrected chi connectivity index (χ1v) is 6.80. The third-order valence-corrected chi connectivity index (χ3v) is 4.03. The fourth-order valence-electron chi connectivity index (χ4n) is 2.13. The van der Waals surface area contributed by atoms with Crippen molar-refractivity contribution in [2.75, 3.05) is 23.0 Å². The van der Waals surface area contributed by atoms with Crippen molar-refractivity contribution >= 4 is 23.4 Å². The van der Waals surface area contributed by atoms with Crippen LogP contribution in [0, 0.1) is 6.92 Å². The second-order valence-corrected chi connectivity index (χ2v) is 5.33. The molecule has 1 aliphatic rings. The van der Waals surface area contributed by atoms with Gasteiger partial charge in [-0.3, -0.25) is 9.78 Å². The van der Waals surface area contributed by atoms with Crippen molar-refractivity contribution in [1.82, 2.24) is 4.98 Å². The van der Waals surface area contributed by atoms with E-state index in [0.717, 1.165) is 29.3 Å². The summed E-state index contributed by atoms with van der Waals surface area (Å²) >= 11 is 1.83. The molecule has 1 aromatic heterocycles. The molecule has 0 aromatic carbocycles. The largest absolute Gasteiger partial charge is 0.481 e. The van der Waals surface area contributed by atoms with E-state index >= 15 is 0 Å². The molecule has 5 heteroatoms. The van der Waals surface area contributed by atoms with Crippen molar-refractivity contribution in [2.24, 2.45) is 0 Å². The van der Waals surface area contributed by atoms with Gasteiger partial charge in [0.1, 0.15) is 0 Å². The van der Waals surface area contributed by atoms with Crippen LogP contribution >= 0.6 is 11.8 Å². The maximum Gasteiger partial charge on any atom is 0.305 e. The minimum absolute atomic E-state index is 0.0901. The van der Waals surface area contributed by atoms with Crippen LogP contribution in [-0.4, -0.2) is 40.2 Å². The van der Waals surface area contributed by atoms with Crippen LogP contribution in [0.5, 0.6) is 0 Å². The van der Waals surface area contributed by atoms with Crippen molar-refractivity contribution in [3.8, 4) is 0 Å². The summed E-state index contributed by atoms with van der Waals surface area (Å²) in [4.78, 5) is 17.2. The number of pyridine rings is 1. The number of carboxylic acid groups (broad SMARTS) is 1. The topological polar surface area (TPSA) is 53.4 Å². The molecule has 1 aliphatic heterocycles. The van der Waals surface area contributed by atoms with Crippen LogP contribution in [0.1, 0.15) is 12.0 Å². The predicted molar refractivity (Wildman–Crippen MR) is 69.7 cm³/mol. The number of anilines is 1. The molecule has 2 heterocycles. The lowest BCUT2D eigenvalue weighted by molar-refractivity contribution is -0.137. The Bertz CT molecular complexity index is 411. The summed E-state index contributed by atoms with van der Waals surface area (Å²) < 4.78 is 0. The zero-order valence-electron chi connectivity index (χ0n) is 9.80. The number of aromatic nitrogens is 1. The second-order valence-electron chi connectivity index (χ2n) is 4.18. The van der Waals surface area contributed by atoms with Gasteiger partial charge < -0.3 is 10.0 Å². The van der Waals surface area contributed by atoms with Crippen LogP contribution < -0.4 is 4.90 Å². The van der Waals surface area contributed by atoms with Gasteiger partial charge in [0.25, 0.3) is 0 Å². The monoisotopic (exact) mass is 252 g/mol. The molecule has 1 N–H and O–H groups in total. The average molecular weight is 252 g/mol. The van der Waals surface area contributed by atoms with Gasteiger partial charge in [0.2, 0.25) is 0 Å². The Morgan fingerprint density at radius 3 is 3.24 bits per heavy atom. The van der Waals surface area contributed by atoms with Gasteiger partial charge in [-0.2, -0.15) is 11.8 Å². The van der Waals surface area contributed by atoms with Crippen LogP contribution in [0.15, 0.2) is 18.5 Å². The number of hydrogen-bond acceptors (Lipinski definition) is 4. The number of aliphatic carboxylic acids is 1. The lowest BCUT2D eigenvalue weighted by Crippen LogP contribution is -2.44. The molecule has 1 atom stereocenters. The molecule has 1 saturated heterocycles. The lowest BCUT2D eigenvalue weighted by Gasteiger charge is -2.37. The minimum atomic E-state index is -0.728. The first-order chi connectivity index (χ1) is 8.18. The van der Waals surface area contributed by atoms with Gasteiger partial charge in [-0.25, -0.2) is 0 Å². The fraction of sp³-hybridized carbons (Fsp3) is 0.500. The normalized spacial score (nSPS) is 20.3. The first kappa shape index (κ1) is 12.2. The van der Waals surface area contributed by atoms with Gasteiger partial charge in [-0.15, -0.1) is 0 Å². The molecule has 1 unspecified atom stereocenters. The van der Waals surface area contributed by atoms with Gasteiger partial charge in [-0.05, 0) is 18.6 Å². The lowest BCUT2D eigenvalue weighted by atomic mass is 10.1. The fourth-order valence-corrected chi connectivity index (χ4v) is 3.19. The Labute approximate surface area is 105 Å². The Hall–Kier alpha value is -1.23. The second kappa shape index (κ2) is 5.40. The SMILES string of the molecule is Cc1cnccc1N1CCSCC1CC(=O)O. The maximum atomic E-state index is 10.9. The Balaban J connectivity index is 2.21. The van der Waals surface area contributed by atoms with Crippen molar-refractivity contribution in [3.05, 3.63) is 24.0 Å². The molecule has 1 aromatic rings. The summed E-state index contributed by atoms with van der Waals surface area (Å²) in [5, 5.41) is 8.95. The van der Waals surface area contributed by atoms with E-state index in [1.807, 2.05) is 30.9 Å². The Morgan fingerprint density at radius 1 is 1.71 bits per heavy atom. The van der Waals surface area contributed by atoms with E-state index in [2.05, 4.69) is 9.88 Å². The number of carboxylic acids is 1. The van der Waals surface area contributed by atoms with Crippen molar-refractivity contribution in [2.45, 2.75) is 19.4 Å². The highest BCUT2D eigenvalue weighted by Crippen LogP contribution is 2.27. The standard InChI is InChI=1S/C12H16N2O2S/c1-9-7-13-3-2-11(9)14-4-5-17-8-10(14)6-12(15)16/h2-3,7,10H,4-6,8H2,1H3,(H,15,16). The quantitative estimate of drug-likeness (QED) is 0.888. The predicted octanol–water partition coefficient (Wildman–Crippen LogP) is 1.79. The molecule has 0 saturated carbocycles. The number of rotatable bonds is 3. The van der Waals surface area contributed by atoms with Gasteiger partial charge >= 0.3 is 5.97 Å². The average Bonchev–Trinajstić information content (AvgIpc) is 2.30. The number of thioether (sulfide) groups is 1. The smallest absolute Gasteiger partial charge is 0.305 e. The highest BCUT2D eigenvalue weighted by atomic mass is 32.2. The van der Waals surface area contributed by atoms with Gasteiger partial charge in [0, 0.05) is 42.2 Å². The first-order valence-electron chi connectivity index (χ1n) is 5.65. The maximum absolute atomic E-state index is 10.9. The number of aryl methyl sites for hydroxylation is 1. The van der Waals surface area contributed by atoms with Crippen molar-refractivity contribution < 1.29 is 9.90 Å². The molecular weight excluding hydrogens is 236 g/mol. The number of hydrogen-bond donors (Lipinski definition) is 1. The van der Waals surface area contributed by atoms with E-state index < -0.39 is 5.97 Å². The molecule has 4 nitrogen and oxygen atoms in total. The van der Waals surface area contributed by atoms with E-state index in [9.17, 15) is 4.79 Å². The number of carbonyl (C=O) groups is 1. The molecular formula is C12H16N2O2S. The van der Waals surface area contributed by atoms with Crippen LogP contribution in [0.3, 0.4) is 0 Å². The zero-order chi connectivity index (χ0) is 12.3. The van der Waals surface area contributed by atoms with E-state index in [1.54, 1.807) is 6.20 Å². The zero-order valence-corrected chi connectivity index (χ0v) is 10.6. The molecule has 17 heavy (non-hydrogen) atoms. The summed E-state index contributed by atoms with van der Waals surface area (Å²) in [6, 6.07) is 2.06. The van der Waals surface area contributed by atoms with Gasteiger partial charge in [-0.1, -0.05) is 0 Å². The van der Waals surface area contributed by atoms with E-state index in [-0.39, 0.29) is 12.5 Å². The molecule has 0 aliphatic carbocycles. The van der Waals surface area contributed by atoms with Crippen molar-refractivity contribution in [1.29, 1.82) is 0 Å². The molecule has 1 fully saturated rings.